The fourth-order valence-electron chi connectivity index (χ4n) is 3.80. The van der Waals surface area contributed by atoms with Crippen molar-refractivity contribution in [2.24, 2.45) is 0 Å². The van der Waals surface area contributed by atoms with Gasteiger partial charge < -0.3 is 5.32 Å². The lowest BCUT2D eigenvalue weighted by Gasteiger charge is -2.29. The monoisotopic (exact) mass is 426 g/mol. The summed E-state index contributed by atoms with van der Waals surface area (Å²) in [6.07, 6.45) is 6.46. The number of hydrogen-bond donors (Lipinski definition) is 2. The number of nitrogens with zero attached hydrogens (tertiary/aromatic N) is 4. The maximum absolute atomic E-state index is 13.7. The highest BCUT2D eigenvalue weighted by molar-refractivity contribution is 6.06. The Morgan fingerprint density at radius 2 is 1.84 bits per heavy atom. The summed E-state index contributed by atoms with van der Waals surface area (Å²) >= 11 is 0. The molecule has 0 aromatic carbocycles. The molecule has 0 atom stereocenters. The second kappa shape index (κ2) is 8.49. The highest BCUT2D eigenvalue weighted by Gasteiger charge is 2.37. The van der Waals surface area contributed by atoms with E-state index in [-0.39, 0.29) is 30.6 Å². The summed E-state index contributed by atoms with van der Waals surface area (Å²) in [6, 6.07) is 3.55. The van der Waals surface area contributed by atoms with E-state index in [1.165, 1.54) is 12.4 Å². The van der Waals surface area contributed by atoms with E-state index in [4.69, 9.17) is 0 Å². The normalized spacial score (nSPS) is 16.4. The number of carbonyl (C=O) groups is 1. The van der Waals surface area contributed by atoms with Gasteiger partial charge in [-0.25, -0.2) is 18.7 Å². The topological polar surface area (TPSA) is 96.5 Å². The average molecular weight is 426 g/mol. The van der Waals surface area contributed by atoms with Crippen LogP contribution in [0.4, 0.5) is 14.5 Å². The van der Waals surface area contributed by atoms with Crippen LogP contribution in [0, 0.1) is 0 Å². The van der Waals surface area contributed by atoms with Gasteiger partial charge in [-0.3, -0.25) is 14.9 Å². The maximum atomic E-state index is 13.7. The number of aromatic nitrogens is 5. The number of alkyl halides is 2. The first-order chi connectivity index (χ1) is 14.8. The second-order valence-corrected chi connectivity index (χ2v) is 8.16. The fourth-order valence-corrected chi connectivity index (χ4v) is 3.80. The summed E-state index contributed by atoms with van der Waals surface area (Å²) in [7, 11) is 0. The number of H-pyrrole nitrogens is 1. The summed E-state index contributed by atoms with van der Waals surface area (Å²) in [5.41, 5.74) is 2.82. The molecule has 3 heterocycles. The van der Waals surface area contributed by atoms with Crippen molar-refractivity contribution >= 4 is 11.6 Å². The minimum atomic E-state index is -2.64. The Balaban J connectivity index is 1.68. The number of carbonyl (C=O) groups excluding carboxylic acids is 1. The van der Waals surface area contributed by atoms with Crippen molar-refractivity contribution in [3.05, 3.63) is 54.0 Å². The number of rotatable bonds is 5. The van der Waals surface area contributed by atoms with E-state index in [1.54, 1.807) is 24.5 Å². The fraction of sp³-hybridized carbons (Fsp3) is 0.409. The third kappa shape index (κ3) is 4.60. The van der Waals surface area contributed by atoms with Crippen LogP contribution < -0.4 is 5.32 Å². The number of pyridine rings is 1. The lowest BCUT2D eigenvalue weighted by atomic mass is 9.83. The van der Waals surface area contributed by atoms with Crippen molar-refractivity contribution in [2.45, 2.75) is 57.3 Å². The van der Waals surface area contributed by atoms with Crippen LogP contribution in [-0.2, 0) is 0 Å². The lowest BCUT2D eigenvalue weighted by Crippen LogP contribution is -2.25. The van der Waals surface area contributed by atoms with Crippen LogP contribution in [0.5, 0.6) is 0 Å². The maximum Gasteiger partial charge on any atom is 0.258 e. The minimum Gasteiger partial charge on any atom is -0.320 e. The molecule has 0 aliphatic heterocycles. The summed E-state index contributed by atoms with van der Waals surface area (Å²) in [4.78, 5) is 26.0. The van der Waals surface area contributed by atoms with Gasteiger partial charge in [0.15, 0.2) is 0 Å². The summed E-state index contributed by atoms with van der Waals surface area (Å²) in [5.74, 6) is -2.39. The zero-order chi connectivity index (χ0) is 22.0. The molecule has 9 heteroatoms. The molecule has 1 fully saturated rings. The van der Waals surface area contributed by atoms with Gasteiger partial charge in [0.25, 0.3) is 5.91 Å². The molecule has 31 heavy (non-hydrogen) atoms. The standard InChI is InChI=1S/C22H24F2N6O/c1-13(2)20-26-11-15(12-27-20)21(31)29-19-16(17-6-10-28-30-17)5-9-25-18(19)14-3-7-22(23,24)8-4-14/h5-6,9-14H,3-4,7-8H2,1-2H3,(H,28,30)(H,29,31). The quantitative estimate of drug-likeness (QED) is 0.603. The van der Waals surface area contributed by atoms with Crippen LogP contribution in [0.1, 0.15) is 73.2 Å². The van der Waals surface area contributed by atoms with Crippen molar-refractivity contribution in [3.8, 4) is 11.3 Å². The molecule has 1 aliphatic carbocycles. The molecule has 0 spiro atoms. The van der Waals surface area contributed by atoms with Crippen LogP contribution in [0.3, 0.4) is 0 Å². The lowest BCUT2D eigenvalue weighted by molar-refractivity contribution is -0.0384. The Bertz CT molecular complexity index is 1040. The smallest absolute Gasteiger partial charge is 0.258 e. The molecule has 0 bridgehead atoms. The van der Waals surface area contributed by atoms with Crippen LogP contribution >= 0.6 is 0 Å². The Labute approximate surface area is 178 Å². The van der Waals surface area contributed by atoms with Crippen molar-refractivity contribution in [1.82, 2.24) is 25.1 Å². The van der Waals surface area contributed by atoms with E-state index < -0.39 is 5.92 Å². The minimum absolute atomic E-state index is 0.151. The zero-order valence-electron chi connectivity index (χ0n) is 17.4. The van der Waals surface area contributed by atoms with Crippen LogP contribution in [-0.4, -0.2) is 37.0 Å². The molecule has 4 rings (SSSR count). The van der Waals surface area contributed by atoms with Crippen LogP contribution in [0.15, 0.2) is 36.9 Å². The first-order valence-corrected chi connectivity index (χ1v) is 10.3. The Morgan fingerprint density at radius 1 is 1.13 bits per heavy atom. The second-order valence-electron chi connectivity index (χ2n) is 8.16. The molecule has 0 saturated heterocycles. The number of nitrogens with one attached hydrogen (secondary N) is 2. The van der Waals surface area contributed by atoms with Crippen molar-refractivity contribution < 1.29 is 13.6 Å². The van der Waals surface area contributed by atoms with Crippen LogP contribution in [0.25, 0.3) is 11.3 Å². The number of hydrogen-bond acceptors (Lipinski definition) is 5. The molecular formula is C22H24F2N6O. The Hall–Kier alpha value is -3.23. The van der Waals surface area contributed by atoms with E-state index >= 15 is 0 Å². The van der Waals surface area contributed by atoms with Crippen LogP contribution in [0.2, 0.25) is 0 Å². The third-order valence-corrected chi connectivity index (χ3v) is 5.56. The molecule has 3 aromatic heterocycles. The molecule has 2 N–H and O–H groups in total. The molecule has 1 saturated carbocycles. The molecule has 1 aliphatic rings. The predicted molar refractivity (Wildman–Crippen MR) is 112 cm³/mol. The average Bonchev–Trinajstić information content (AvgIpc) is 3.29. The number of aromatic amines is 1. The third-order valence-electron chi connectivity index (χ3n) is 5.56. The number of halogens is 2. The SMILES string of the molecule is CC(C)c1ncc(C(=O)Nc2c(-c3ccn[nH]3)ccnc2C2CCC(F)(F)CC2)cn1. The van der Waals surface area contributed by atoms with E-state index in [9.17, 15) is 13.6 Å². The van der Waals surface area contributed by atoms with Gasteiger partial charge in [0.05, 0.1) is 22.6 Å². The van der Waals surface area contributed by atoms with E-state index in [0.29, 0.717) is 46.9 Å². The molecular weight excluding hydrogens is 402 g/mol. The zero-order valence-corrected chi connectivity index (χ0v) is 17.4. The predicted octanol–water partition coefficient (Wildman–Crippen LogP) is 4.93. The van der Waals surface area contributed by atoms with Gasteiger partial charge in [-0.2, -0.15) is 5.10 Å². The van der Waals surface area contributed by atoms with E-state index in [2.05, 4.69) is 30.5 Å². The molecule has 7 nitrogen and oxygen atoms in total. The van der Waals surface area contributed by atoms with Gasteiger partial charge in [0.2, 0.25) is 5.92 Å². The molecule has 162 valence electrons. The van der Waals surface area contributed by atoms with Crippen molar-refractivity contribution in [1.29, 1.82) is 0 Å². The molecule has 0 unspecified atom stereocenters. The first kappa shape index (κ1) is 21.0. The largest absolute Gasteiger partial charge is 0.320 e. The van der Waals surface area contributed by atoms with E-state index in [1.807, 2.05) is 13.8 Å². The Morgan fingerprint density at radius 3 is 2.45 bits per heavy atom. The van der Waals surface area contributed by atoms with Crippen molar-refractivity contribution in [2.75, 3.05) is 5.32 Å². The highest BCUT2D eigenvalue weighted by atomic mass is 19.3. The summed E-state index contributed by atoms with van der Waals surface area (Å²) < 4.78 is 27.4. The van der Waals surface area contributed by atoms with Crippen molar-refractivity contribution in [3.63, 3.8) is 0 Å². The highest BCUT2D eigenvalue weighted by Crippen LogP contribution is 2.44. The van der Waals surface area contributed by atoms with Gasteiger partial charge in [-0.1, -0.05) is 13.8 Å². The van der Waals surface area contributed by atoms with Gasteiger partial charge in [-0.05, 0) is 25.0 Å². The van der Waals surface area contributed by atoms with E-state index in [0.717, 1.165) is 0 Å². The van der Waals surface area contributed by atoms with Gasteiger partial charge in [0, 0.05) is 55.0 Å². The van der Waals surface area contributed by atoms with Gasteiger partial charge >= 0.3 is 0 Å². The summed E-state index contributed by atoms with van der Waals surface area (Å²) in [5, 5.41) is 9.82. The molecule has 0 radical (unpaired) electrons. The number of anilines is 1. The molecule has 1 amide bonds. The number of amides is 1. The van der Waals surface area contributed by atoms with Gasteiger partial charge in [-0.15, -0.1) is 0 Å². The Kier molecular flexibility index (Phi) is 5.75. The molecule has 3 aromatic rings. The summed E-state index contributed by atoms with van der Waals surface area (Å²) in [6.45, 7) is 3.95. The van der Waals surface area contributed by atoms with Gasteiger partial charge in [0.1, 0.15) is 5.82 Å². The first-order valence-electron chi connectivity index (χ1n) is 10.3.